The molecule has 2 amide bonds. The van der Waals surface area contributed by atoms with Gasteiger partial charge in [-0.05, 0) is 43.5 Å². The lowest BCUT2D eigenvalue weighted by Gasteiger charge is -2.29. The lowest BCUT2D eigenvalue weighted by molar-refractivity contribution is 0.0561. The van der Waals surface area contributed by atoms with E-state index in [4.69, 9.17) is 0 Å². The molecule has 4 nitrogen and oxygen atoms in total. The average molecular weight is 258 g/mol. The first-order valence-electron chi connectivity index (χ1n) is 6.94. The number of nitrogens with zero attached hydrogens (tertiary/aromatic N) is 1. The van der Waals surface area contributed by atoms with Crippen LogP contribution in [0.4, 0.5) is 0 Å². The summed E-state index contributed by atoms with van der Waals surface area (Å²) in [5.41, 5.74) is 2.24. The minimum absolute atomic E-state index is 0.00577. The number of benzene rings is 1. The van der Waals surface area contributed by atoms with Crippen molar-refractivity contribution in [3.8, 4) is 0 Å². The third kappa shape index (κ3) is 1.96. The van der Waals surface area contributed by atoms with E-state index in [0.29, 0.717) is 17.7 Å². The first kappa shape index (κ1) is 12.4. The summed E-state index contributed by atoms with van der Waals surface area (Å²) in [6.07, 6.45) is 2.79. The number of carbonyl (C=O) groups excluding carboxylic acids is 2. The van der Waals surface area contributed by atoms with Gasteiger partial charge in [-0.3, -0.25) is 14.5 Å². The minimum Gasteiger partial charge on any atom is -0.315 e. The van der Waals surface area contributed by atoms with E-state index in [1.807, 2.05) is 19.1 Å². The van der Waals surface area contributed by atoms with Crippen LogP contribution in [0, 0.1) is 0 Å². The maximum absolute atomic E-state index is 12.5. The largest absolute Gasteiger partial charge is 0.315 e. The molecule has 2 aliphatic heterocycles. The highest BCUT2D eigenvalue weighted by Gasteiger charge is 2.40. The van der Waals surface area contributed by atoms with Gasteiger partial charge in [-0.1, -0.05) is 13.0 Å². The molecule has 19 heavy (non-hydrogen) atoms. The first-order valence-corrected chi connectivity index (χ1v) is 6.94. The van der Waals surface area contributed by atoms with Gasteiger partial charge in [-0.15, -0.1) is 0 Å². The van der Waals surface area contributed by atoms with E-state index in [-0.39, 0.29) is 17.9 Å². The summed E-state index contributed by atoms with van der Waals surface area (Å²) in [6, 6.07) is 5.61. The quantitative estimate of drug-likeness (QED) is 0.820. The summed E-state index contributed by atoms with van der Waals surface area (Å²) >= 11 is 0. The van der Waals surface area contributed by atoms with Crippen LogP contribution in [-0.2, 0) is 6.42 Å². The zero-order valence-electron chi connectivity index (χ0n) is 11.1. The maximum atomic E-state index is 12.5. The number of imide groups is 1. The smallest absolute Gasteiger partial charge is 0.261 e. The van der Waals surface area contributed by atoms with Crippen LogP contribution in [0.15, 0.2) is 18.2 Å². The molecule has 1 aromatic carbocycles. The van der Waals surface area contributed by atoms with Gasteiger partial charge in [0.25, 0.3) is 11.8 Å². The topological polar surface area (TPSA) is 49.4 Å². The monoisotopic (exact) mass is 258 g/mol. The van der Waals surface area contributed by atoms with Gasteiger partial charge in [0.1, 0.15) is 0 Å². The lowest BCUT2D eigenvalue weighted by atomic mass is 10.0. The standard InChI is InChI=1S/C15H18N2O2/c1-2-10-5-6-12-13(8-10)15(19)17(14(12)18)11-4-3-7-16-9-11/h5-6,8,11,16H,2-4,7,9H2,1H3. The molecule has 0 bridgehead atoms. The molecule has 0 aliphatic carbocycles. The Labute approximate surface area is 112 Å². The molecule has 3 rings (SSSR count). The Morgan fingerprint density at radius 2 is 2.05 bits per heavy atom. The Kier molecular flexibility index (Phi) is 3.11. The third-order valence-corrected chi connectivity index (χ3v) is 4.03. The Morgan fingerprint density at radius 1 is 1.26 bits per heavy atom. The van der Waals surface area contributed by atoms with Crippen LogP contribution in [0.2, 0.25) is 0 Å². The molecule has 1 aromatic rings. The second-order valence-electron chi connectivity index (χ2n) is 5.21. The van der Waals surface area contributed by atoms with E-state index in [1.165, 1.54) is 4.90 Å². The molecule has 1 saturated heterocycles. The summed E-state index contributed by atoms with van der Waals surface area (Å²) in [5.74, 6) is -0.250. The molecule has 0 saturated carbocycles. The molecule has 1 unspecified atom stereocenters. The van der Waals surface area contributed by atoms with E-state index in [2.05, 4.69) is 5.32 Å². The highest BCUT2D eigenvalue weighted by atomic mass is 16.2. The average Bonchev–Trinajstić information content (AvgIpc) is 2.71. The molecule has 100 valence electrons. The van der Waals surface area contributed by atoms with Gasteiger partial charge in [-0.2, -0.15) is 0 Å². The van der Waals surface area contributed by atoms with Gasteiger partial charge in [0.15, 0.2) is 0 Å². The van der Waals surface area contributed by atoms with Crippen LogP contribution in [0.1, 0.15) is 46.0 Å². The SMILES string of the molecule is CCc1ccc2c(c1)C(=O)N(C1CCCNC1)C2=O. The number of rotatable bonds is 2. The van der Waals surface area contributed by atoms with Crippen LogP contribution in [0.25, 0.3) is 0 Å². The Morgan fingerprint density at radius 3 is 2.74 bits per heavy atom. The number of hydrogen-bond donors (Lipinski definition) is 1. The summed E-state index contributed by atoms with van der Waals surface area (Å²) in [5, 5.41) is 3.26. The van der Waals surface area contributed by atoms with E-state index in [0.717, 1.165) is 31.4 Å². The highest BCUT2D eigenvalue weighted by molar-refractivity contribution is 6.21. The van der Waals surface area contributed by atoms with Crippen LogP contribution in [-0.4, -0.2) is 35.8 Å². The van der Waals surface area contributed by atoms with Gasteiger partial charge in [0, 0.05) is 6.54 Å². The van der Waals surface area contributed by atoms with Crippen molar-refractivity contribution in [3.05, 3.63) is 34.9 Å². The molecule has 0 aromatic heterocycles. The molecule has 1 N–H and O–H groups in total. The molecular weight excluding hydrogens is 240 g/mol. The van der Waals surface area contributed by atoms with E-state index < -0.39 is 0 Å². The maximum Gasteiger partial charge on any atom is 0.261 e. The van der Waals surface area contributed by atoms with Crippen molar-refractivity contribution < 1.29 is 9.59 Å². The summed E-state index contributed by atoms with van der Waals surface area (Å²) in [7, 11) is 0. The zero-order chi connectivity index (χ0) is 13.4. The highest BCUT2D eigenvalue weighted by Crippen LogP contribution is 2.27. The van der Waals surface area contributed by atoms with Gasteiger partial charge in [0.2, 0.25) is 0 Å². The van der Waals surface area contributed by atoms with E-state index in [1.54, 1.807) is 6.07 Å². The fraction of sp³-hybridized carbons (Fsp3) is 0.467. The second-order valence-corrected chi connectivity index (χ2v) is 5.21. The van der Waals surface area contributed by atoms with E-state index >= 15 is 0 Å². The predicted molar refractivity (Wildman–Crippen MR) is 72.2 cm³/mol. The van der Waals surface area contributed by atoms with Crippen molar-refractivity contribution in [1.82, 2.24) is 10.2 Å². The number of aryl methyl sites for hydroxylation is 1. The Bertz CT molecular complexity index is 533. The molecule has 4 heteroatoms. The Balaban J connectivity index is 1.94. The molecule has 0 spiro atoms. The molecule has 1 fully saturated rings. The lowest BCUT2D eigenvalue weighted by Crippen LogP contribution is -2.48. The molecule has 2 heterocycles. The van der Waals surface area contributed by atoms with Crippen LogP contribution in [0.5, 0.6) is 0 Å². The van der Waals surface area contributed by atoms with Crippen molar-refractivity contribution in [3.63, 3.8) is 0 Å². The minimum atomic E-state index is -0.128. The first-order chi connectivity index (χ1) is 9.22. The molecular formula is C15H18N2O2. The number of piperidine rings is 1. The van der Waals surface area contributed by atoms with Crippen molar-refractivity contribution in [1.29, 1.82) is 0 Å². The summed E-state index contributed by atoms with van der Waals surface area (Å²) < 4.78 is 0. The van der Waals surface area contributed by atoms with E-state index in [9.17, 15) is 9.59 Å². The second kappa shape index (κ2) is 4.78. The molecule has 1 atom stereocenters. The van der Waals surface area contributed by atoms with Gasteiger partial charge in [0.05, 0.1) is 17.2 Å². The van der Waals surface area contributed by atoms with Gasteiger partial charge < -0.3 is 5.32 Å². The number of carbonyl (C=O) groups is 2. The van der Waals surface area contributed by atoms with Crippen molar-refractivity contribution in [2.24, 2.45) is 0 Å². The zero-order valence-corrected chi connectivity index (χ0v) is 11.1. The van der Waals surface area contributed by atoms with Crippen LogP contribution in [0.3, 0.4) is 0 Å². The predicted octanol–water partition coefficient (Wildman–Crippen LogP) is 1.60. The van der Waals surface area contributed by atoms with Crippen molar-refractivity contribution in [2.75, 3.05) is 13.1 Å². The fourth-order valence-electron chi connectivity index (χ4n) is 2.91. The third-order valence-electron chi connectivity index (χ3n) is 4.03. The summed E-state index contributed by atoms with van der Waals surface area (Å²) in [6.45, 7) is 3.73. The number of nitrogens with one attached hydrogen (secondary N) is 1. The van der Waals surface area contributed by atoms with Crippen LogP contribution >= 0.6 is 0 Å². The Hall–Kier alpha value is -1.68. The summed E-state index contributed by atoms with van der Waals surface area (Å²) in [4.78, 5) is 26.3. The van der Waals surface area contributed by atoms with Gasteiger partial charge >= 0.3 is 0 Å². The van der Waals surface area contributed by atoms with Crippen molar-refractivity contribution >= 4 is 11.8 Å². The van der Waals surface area contributed by atoms with Crippen molar-refractivity contribution in [2.45, 2.75) is 32.2 Å². The molecule has 0 radical (unpaired) electrons. The number of fused-ring (bicyclic) bond motifs is 1. The number of hydrogen-bond acceptors (Lipinski definition) is 3. The van der Waals surface area contributed by atoms with Gasteiger partial charge in [-0.25, -0.2) is 0 Å². The fourth-order valence-corrected chi connectivity index (χ4v) is 2.91. The normalized spacial score (nSPS) is 22.8. The van der Waals surface area contributed by atoms with Crippen LogP contribution < -0.4 is 5.32 Å². The number of amides is 2. The molecule has 2 aliphatic rings.